The van der Waals surface area contributed by atoms with Crippen LogP contribution >= 0.6 is 11.8 Å². The molecule has 2 N–H and O–H groups in total. The second-order valence-electron chi connectivity index (χ2n) is 4.08. The molecule has 0 aliphatic carbocycles. The molecule has 3 aromatic rings. The molecule has 100 valence electrons. The molecular weight excluding hydrogens is 272 g/mol. The van der Waals surface area contributed by atoms with Gasteiger partial charge in [0.15, 0.2) is 5.16 Å². The number of nitrogen functional groups attached to an aromatic ring is 1. The molecule has 1 aromatic carbocycles. The number of thioether (sulfide) groups is 1. The van der Waals surface area contributed by atoms with E-state index >= 15 is 0 Å². The molecule has 0 fully saturated rings. The molecule has 2 aromatic heterocycles. The second kappa shape index (κ2) is 5.34. The van der Waals surface area contributed by atoms with Crippen LogP contribution in [-0.2, 0) is 0 Å². The van der Waals surface area contributed by atoms with Gasteiger partial charge in [0, 0.05) is 23.7 Å². The van der Waals surface area contributed by atoms with Gasteiger partial charge >= 0.3 is 0 Å². The SMILES string of the molecule is CSc1nc(N)cc(Oc2ccc3cccnc3c2)n1. The molecule has 2 heterocycles. The van der Waals surface area contributed by atoms with Crippen LogP contribution in [0.4, 0.5) is 5.82 Å². The van der Waals surface area contributed by atoms with E-state index in [0.717, 1.165) is 10.9 Å². The quantitative estimate of drug-likeness (QED) is 0.588. The first-order valence-electron chi connectivity index (χ1n) is 5.96. The molecule has 20 heavy (non-hydrogen) atoms. The second-order valence-corrected chi connectivity index (χ2v) is 4.85. The van der Waals surface area contributed by atoms with Crippen molar-refractivity contribution in [2.24, 2.45) is 0 Å². The lowest BCUT2D eigenvalue weighted by Crippen LogP contribution is -1.97. The van der Waals surface area contributed by atoms with Crippen LogP contribution in [0.15, 0.2) is 47.8 Å². The number of rotatable bonds is 3. The lowest BCUT2D eigenvalue weighted by molar-refractivity contribution is 0.457. The number of benzene rings is 1. The van der Waals surface area contributed by atoms with Gasteiger partial charge in [-0.1, -0.05) is 17.8 Å². The fourth-order valence-corrected chi connectivity index (χ4v) is 2.17. The molecule has 0 amide bonds. The molecule has 0 spiro atoms. The Balaban J connectivity index is 1.94. The molecule has 3 rings (SSSR count). The number of anilines is 1. The Morgan fingerprint density at radius 3 is 2.90 bits per heavy atom. The number of pyridine rings is 1. The molecular formula is C14H12N4OS. The van der Waals surface area contributed by atoms with E-state index in [-0.39, 0.29) is 0 Å². The predicted molar refractivity (Wildman–Crippen MR) is 80.0 cm³/mol. The summed E-state index contributed by atoms with van der Waals surface area (Å²) in [6.07, 6.45) is 3.64. The minimum Gasteiger partial charge on any atom is -0.439 e. The largest absolute Gasteiger partial charge is 0.439 e. The van der Waals surface area contributed by atoms with Crippen molar-refractivity contribution in [2.45, 2.75) is 5.16 Å². The highest BCUT2D eigenvalue weighted by molar-refractivity contribution is 7.98. The van der Waals surface area contributed by atoms with Gasteiger partial charge in [-0.15, -0.1) is 0 Å². The van der Waals surface area contributed by atoms with Crippen molar-refractivity contribution in [3.05, 3.63) is 42.6 Å². The molecule has 0 aliphatic rings. The first-order valence-corrected chi connectivity index (χ1v) is 7.18. The standard InChI is InChI=1S/C14H12N4OS/c1-20-14-17-12(15)8-13(18-14)19-10-5-4-9-3-2-6-16-11(9)7-10/h2-8H,1H3,(H2,15,17,18). The lowest BCUT2D eigenvalue weighted by atomic mass is 10.2. The van der Waals surface area contributed by atoms with Gasteiger partial charge in [0.25, 0.3) is 0 Å². The number of nitrogens with zero attached hydrogens (tertiary/aromatic N) is 3. The van der Waals surface area contributed by atoms with Gasteiger partial charge in [-0.05, 0) is 24.5 Å². The van der Waals surface area contributed by atoms with Gasteiger partial charge in [0.2, 0.25) is 5.88 Å². The van der Waals surface area contributed by atoms with Crippen molar-refractivity contribution in [1.82, 2.24) is 15.0 Å². The number of hydrogen-bond donors (Lipinski definition) is 1. The summed E-state index contributed by atoms with van der Waals surface area (Å²) >= 11 is 1.42. The highest BCUT2D eigenvalue weighted by atomic mass is 32.2. The van der Waals surface area contributed by atoms with E-state index in [2.05, 4.69) is 15.0 Å². The van der Waals surface area contributed by atoms with E-state index < -0.39 is 0 Å². The van der Waals surface area contributed by atoms with Crippen molar-refractivity contribution in [1.29, 1.82) is 0 Å². The summed E-state index contributed by atoms with van der Waals surface area (Å²) in [4.78, 5) is 12.6. The van der Waals surface area contributed by atoms with Crippen LogP contribution in [0.2, 0.25) is 0 Å². The fraction of sp³-hybridized carbons (Fsp3) is 0.0714. The molecule has 6 heteroatoms. The molecule has 0 saturated carbocycles. The van der Waals surface area contributed by atoms with Crippen molar-refractivity contribution in [3.63, 3.8) is 0 Å². The van der Waals surface area contributed by atoms with Crippen LogP contribution in [-0.4, -0.2) is 21.2 Å². The number of hydrogen-bond acceptors (Lipinski definition) is 6. The van der Waals surface area contributed by atoms with Crippen molar-refractivity contribution in [3.8, 4) is 11.6 Å². The predicted octanol–water partition coefficient (Wildman–Crippen LogP) is 3.12. The van der Waals surface area contributed by atoms with Crippen LogP contribution in [0, 0.1) is 0 Å². The third-order valence-electron chi connectivity index (χ3n) is 2.68. The Bertz CT molecular complexity index is 763. The van der Waals surface area contributed by atoms with Crippen molar-refractivity contribution >= 4 is 28.5 Å². The Kier molecular flexibility index (Phi) is 3.39. The molecule has 5 nitrogen and oxygen atoms in total. The maximum atomic E-state index is 5.73. The number of fused-ring (bicyclic) bond motifs is 1. The maximum absolute atomic E-state index is 5.73. The fourth-order valence-electron chi connectivity index (χ4n) is 1.79. The normalized spacial score (nSPS) is 10.7. The molecule has 0 bridgehead atoms. The summed E-state index contributed by atoms with van der Waals surface area (Å²) in [5.41, 5.74) is 6.59. The molecule has 0 radical (unpaired) electrons. The third-order valence-corrected chi connectivity index (χ3v) is 3.23. The van der Waals surface area contributed by atoms with Gasteiger partial charge in [-0.25, -0.2) is 4.98 Å². The first kappa shape index (κ1) is 12.7. The van der Waals surface area contributed by atoms with Gasteiger partial charge in [-0.2, -0.15) is 4.98 Å². The summed E-state index contributed by atoms with van der Waals surface area (Å²) in [6, 6.07) is 11.2. The molecule has 0 unspecified atom stereocenters. The zero-order chi connectivity index (χ0) is 13.9. The highest BCUT2D eigenvalue weighted by Gasteiger charge is 2.05. The third kappa shape index (κ3) is 2.65. The Morgan fingerprint density at radius 2 is 2.05 bits per heavy atom. The smallest absolute Gasteiger partial charge is 0.225 e. The molecule has 0 aliphatic heterocycles. The molecule has 0 atom stereocenters. The zero-order valence-electron chi connectivity index (χ0n) is 10.8. The van der Waals surface area contributed by atoms with Crippen LogP contribution in [0.5, 0.6) is 11.6 Å². The van der Waals surface area contributed by atoms with Crippen LogP contribution in [0.3, 0.4) is 0 Å². The van der Waals surface area contributed by atoms with Crippen LogP contribution in [0.1, 0.15) is 0 Å². The van der Waals surface area contributed by atoms with Gasteiger partial charge in [-0.3, -0.25) is 4.98 Å². The average molecular weight is 284 g/mol. The van der Waals surface area contributed by atoms with Crippen LogP contribution < -0.4 is 10.5 Å². The van der Waals surface area contributed by atoms with E-state index in [1.165, 1.54) is 11.8 Å². The van der Waals surface area contributed by atoms with Crippen molar-refractivity contribution in [2.75, 3.05) is 12.0 Å². The average Bonchev–Trinajstić information content (AvgIpc) is 2.46. The molecule has 0 saturated heterocycles. The van der Waals surface area contributed by atoms with E-state index in [4.69, 9.17) is 10.5 Å². The number of aromatic nitrogens is 3. The zero-order valence-corrected chi connectivity index (χ0v) is 11.6. The lowest BCUT2D eigenvalue weighted by Gasteiger charge is -2.07. The number of ether oxygens (including phenoxy) is 1. The minimum absolute atomic E-state index is 0.387. The van der Waals surface area contributed by atoms with Gasteiger partial charge in [0.1, 0.15) is 11.6 Å². The van der Waals surface area contributed by atoms with E-state index in [1.54, 1.807) is 12.3 Å². The van der Waals surface area contributed by atoms with E-state index in [9.17, 15) is 0 Å². The summed E-state index contributed by atoms with van der Waals surface area (Å²) in [5, 5.41) is 1.64. The van der Waals surface area contributed by atoms with Crippen LogP contribution in [0.25, 0.3) is 10.9 Å². The summed E-state index contributed by atoms with van der Waals surface area (Å²) < 4.78 is 5.73. The van der Waals surface area contributed by atoms with Gasteiger partial charge in [0.05, 0.1) is 5.52 Å². The van der Waals surface area contributed by atoms with E-state index in [1.807, 2.05) is 36.6 Å². The highest BCUT2D eigenvalue weighted by Crippen LogP contribution is 2.25. The summed E-state index contributed by atoms with van der Waals surface area (Å²) in [7, 11) is 0. The minimum atomic E-state index is 0.387. The van der Waals surface area contributed by atoms with Gasteiger partial charge < -0.3 is 10.5 Å². The Labute approximate surface area is 120 Å². The summed E-state index contributed by atoms with van der Waals surface area (Å²) in [5.74, 6) is 1.48. The first-order chi connectivity index (χ1) is 9.74. The Hall–Kier alpha value is -2.34. The maximum Gasteiger partial charge on any atom is 0.225 e. The monoisotopic (exact) mass is 284 g/mol. The van der Waals surface area contributed by atoms with E-state index in [0.29, 0.717) is 22.6 Å². The Morgan fingerprint density at radius 1 is 1.15 bits per heavy atom. The topological polar surface area (TPSA) is 73.9 Å². The van der Waals surface area contributed by atoms with Crippen molar-refractivity contribution < 1.29 is 4.74 Å². The number of nitrogens with two attached hydrogens (primary N) is 1. The summed E-state index contributed by atoms with van der Waals surface area (Å²) in [6.45, 7) is 0.